The van der Waals surface area contributed by atoms with E-state index in [4.69, 9.17) is 4.74 Å². The van der Waals surface area contributed by atoms with Gasteiger partial charge in [-0.25, -0.2) is 0 Å². The summed E-state index contributed by atoms with van der Waals surface area (Å²) in [5.41, 5.74) is 2.99. The van der Waals surface area contributed by atoms with E-state index >= 15 is 0 Å². The number of carbonyl (C=O) groups excluding carboxylic acids is 1. The number of nitrogens with zero attached hydrogens (tertiary/aromatic N) is 1. The Kier molecular flexibility index (Phi) is 3.97. The van der Waals surface area contributed by atoms with Crippen LogP contribution in [-0.2, 0) is 4.79 Å². The van der Waals surface area contributed by atoms with Gasteiger partial charge in [-0.1, -0.05) is 54.6 Å². The maximum absolute atomic E-state index is 13.3. The average Bonchev–Trinajstić information content (AvgIpc) is 3.15. The number of carbonyl (C=O) groups is 1. The monoisotopic (exact) mass is 369 g/mol. The maximum Gasteiger partial charge on any atom is 0.203 e. The van der Waals surface area contributed by atoms with Gasteiger partial charge in [-0.05, 0) is 24.6 Å². The fourth-order valence-corrected chi connectivity index (χ4v) is 4.37. The van der Waals surface area contributed by atoms with Crippen molar-refractivity contribution < 1.29 is 14.6 Å². The van der Waals surface area contributed by atoms with Crippen LogP contribution < -0.4 is 4.74 Å². The van der Waals surface area contributed by atoms with Crippen LogP contribution >= 0.6 is 0 Å². The summed E-state index contributed by atoms with van der Waals surface area (Å²) < 4.78 is 6.07. The van der Waals surface area contributed by atoms with Gasteiger partial charge in [0.1, 0.15) is 11.5 Å². The predicted molar refractivity (Wildman–Crippen MR) is 106 cm³/mol. The minimum Gasteiger partial charge on any atom is -0.507 e. The molecule has 0 radical (unpaired) electrons. The Hall–Kier alpha value is -3.40. The highest BCUT2D eigenvalue weighted by atomic mass is 16.5. The number of hydrogen-bond donors (Lipinski definition) is 1. The van der Waals surface area contributed by atoms with E-state index in [1.807, 2.05) is 72.8 Å². The highest BCUT2D eigenvalue weighted by Gasteiger charge is 2.50. The molecule has 0 saturated heterocycles. The van der Waals surface area contributed by atoms with Crippen LogP contribution in [0, 0.1) is 0 Å². The summed E-state index contributed by atoms with van der Waals surface area (Å²) in [6.07, 6.45) is 1.55. The summed E-state index contributed by atoms with van der Waals surface area (Å²) in [5, 5.41) is 10.9. The van der Waals surface area contributed by atoms with Gasteiger partial charge in [0.15, 0.2) is 6.10 Å². The smallest absolute Gasteiger partial charge is 0.203 e. The van der Waals surface area contributed by atoms with E-state index in [1.54, 1.807) is 6.20 Å². The largest absolute Gasteiger partial charge is 0.507 e. The first-order chi connectivity index (χ1) is 13.7. The normalized spacial score (nSPS) is 24.9. The average molecular weight is 369 g/mol. The maximum atomic E-state index is 13.3. The number of hydrogen-bond acceptors (Lipinski definition) is 4. The van der Waals surface area contributed by atoms with Crippen LogP contribution in [0.3, 0.4) is 0 Å². The molecule has 1 aromatic heterocycles. The number of Topliss-reactive ketones (excluding diaryl/α,β-unsaturated/α-hetero) is 1. The molecule has 3 aromatic rings. The van der Waals surface area contributed by atoms with Crippen molar-refractivity contribution in [3.8, 4) is 5.75 Å². The first-order valence-electron chi connectivity index (χ1n) is 9.42. The predicted octanol–water partition coefficient (Wildman–Crippen LogP) is 4.65. The molecule has 0 amide bonds. The van der Waals surface area contributed by atoms with Crippen LogP contribution in [0.15, 0.2) is 84.6 Å². The lowest BCUT2D eigenvalue weighted by atomic mass is 9.70. The lowest BCUT2D eigenvalue weighted by molar-refractivity contribution is -0.123. The van der Waals surface area contributed by atoms with Crippen LogP contribution in [0.5, 0.6) is 5.75 Å². The molecule has 0 bridgehead atoms. The van der Waals surface area contributed by atoms with Crippen LogP contribution in [0.25, 0.3) is 5.76 Å². The van der Waals surface area contributed by atoms with Gasteiger partial charge in [0.2, 0.25) is 5.78 Å². The van der Waals surface area contributed by atoms with Crippen molar-refractivity contribution in [2.75, 3.05) is 0 Å². The third kappa shape index (κ3) is 2.61. The van der Waals surface area contributed by atoms with Crippen LogP contribution in [0.1, 0.15) is 35.1 Å². The van der Waals surface area contributed by atoms with Gasteiger partial charge in [0.25, 0.3) is 0 Å². The summed E-state index contributed by atoms with van der Waals surface area (Å²) in [5.74, 6) is 0.478. The molecule has 0 unspecified atom stereocenters. The summed E-state index contributed by atoms with van der Waals surface area (Å²) in [6.45, 7) is 0. The Balaban J connectivity index is 1.65. The number of aliphatic hydroxyl groups excluding tert-OH is 1. The first kappa shape index (κ1) is 16.8. The molecule has 4 heteroatoms. The van der Waals surface area contributed by atoms with Gasteiger partial charge < -0.3 is 9.84 Å². The van der Waals surface area contributed by atoms with Crippen LogP contribution in [-0.4, -0.2) is 22.0 Å². The van der Waals surface area contributed by atoms with Crippen LogP contribution in [0.2, 0.25) is 0 Å². The number of fused-ring (bicyclic) bond motifs is 3. The van der Waals surface area contributed by atoms with E-state index in [2.05, 4.69) is 4.98 Å². The molecule has 28 heavy (non-hydrogen) atoms. The summed E-state index contributed by atoms with van der Waals surface area (Å²) >= 11 is 0. The Labute approximate surface area is 163 Å². The number of para-hydroxylation sites is 1. The van der Waals surface area contributed by atoms with Crippen molar-refractivity contribution in [1.82, 2.24) is 4.98 Å². The number of benzene rings is 2. The second kappa shape index (κ2) is 6.64. The standard InChI is InChI=1S/C24H19NO3/c26-22(15-8-2-1-3-9-15)18-14-17(19-11-6-7-13-25-19)21-16-10-4-5-12-20(16)28-24(21)23(18)27/h1-13,17,21,24,26H,14H2/b22-18-/t17-,21-,24-/m1/s1. The van der Waals surface area contributed by atoms with E-state index in [-0.39, 0.29) is 23.4 Å². The molecule has 1 aliphatic carbocycles. The molecule has 138 valence electrons. The third-order valence-electron chi connectivity index (χ3n) is 5.67. The Morgan fingerprint density at radius 2 is 1.71 bits per heavy atom. The summed E-state index contributed by atoms with van der Waals surface area (Å²) in [7, 11) is 0. The van der Waals surface area contributed by atoms with Gasteiger partial charge in [0, 0.05) is 40.4 Å². The lowest BCUT2D eigenvalue weighted by Crippen LogP contribution is -2.39. The Morgan fingerprint density at radius 1 is 0.964 bits per heavy atom. The highest BCUT2D eigenvalue weighted by molar-refractivity contribution is 6.06. The molecular formula is C24H19NO3. The number of rotatable bonds is 2. The van der Waals surface area contributed by atoms with E-state index in [0.29, 0.717) is 17.6 Å². The molecule has 1 N–H and O–H groups in total. The zero-order valence-electron chi connectivity index (χ0n) is 15.2. The second-order valence-electron chi connectivity index (χ2n) is 7.22. The number of ether oxygens (including phenoxy) is 1. The topological polar surface area (TPSA) is 59.4 Å². The number of pyridine rings is 1. The molecule has 1 fully saturated rings. The molecule has 4 nitrogen and oxygen atoms in total. The Bertz CT molecular complexity index is 1060. The fourth-order valence-electron chi connectivity index (χ4n) is 4.37. The van der Waals surface area contributed by atoms with E-state index in [1.165, 1.54) is 0 Å². The minimum absolute atomic E-state index is 0.0320. The minimum atomic E-state index is -0.640. The molecule has 2 aliphatic rings. The molecule has 0 spiro atoms. The van der Waals surface area contributed by atoms with Gasteiger partial charge in [0.05, 0.1) is 0 Å². The van der Waals surface area contributed by atoms with Gasteiger partial charge >= 0.3 is 0 Å². The van der Waals surface area contributed by atoms with Crippen molar-refractivity contribution in [3.63, 3.8) is 0 Å². The van der Waals surface area contributed by atoms with Crippen molar-refractivity contribution in [3.05, 3.63) is 101 Å². The summed E-state index contributed by atoms with van der Waals surface area (Å²) in [4.78, 5) is 17.9. The highest BCUT2D eigenvalue weighted by Crippen LogP contribution is 2.52. The molecule has 5 rings (SSSR count). The van der Waals surface area contributed by atoms with Gasteiger partial charge in [-0.15, -0.1) is 0 Å². The zero-order valence-corrected chi connectivity index (χ0v) is 15.2. The zero-order chi connectivity index (χ0) is 19.1. The number of ketones is 1. The summed E-state index contributed by atoms with van der Waals surface area (Å²) in [6, 6.07) is 22.8. The number of aliphatic hydroxyl groups is 1. The molecule has 3 atom stereocenters. The van der Waals surface area contributed by atoms with Gasteiger partial charge in [-0.2, -0.15) is 0 Å². The third-order valence-corrected chi connectivity index (χ3v) is 5.67. The molecular weight excluding hydrogens is 350 g/mol. The molecule has 2 heterocycles. The second-order valence-corrected chi connectivity index (χ2v) is 7.22. The number of aromatic nitrogens is 1. The Morgan fingerprint density at radius 3 is 2.50 bits per heavy atom. The van der Waals surface area contributed by atoms with Crippen molar-refractivity contribution in [2.24, 2.45) is 0 Å². The first-order valence-corrected chi connectivity index (χ1v) is 9.42. The quantitative estimate of drug-likeness (QED) is 0.528. The van der Waals surface area contributed by atoms with E-state index in [9.17, 15) is 9.90 Å². The van der Waals surface area contributed by atoms with Crippen molar-refractivity contribution in [2.45, 2.75) is 24.4 Å². The molecule has 1 aliphatic heterocycles. The fraction of sp³-hybridized carbons (Fsp3) is 0.167. The van der Waals surface area contributed by atoms with E-state index in [0.717, 1.165) is 17.0 Å². The molecule has 1 saturated carbocycles. The van der Waals surface area contributed by atoms with E-state index < -0.39 is 6.10 Å². The SMILES string of the molecule is O=C1/C(=C(\O)c2ccccc2)C[C@H](c2ccccn2)[C@H]2c3ccccc3O[C@@H]12. The van der Waals surface area contributed by atoms with Gasteiger partial charge in [-0.3, -0.25) is 9.78 Å². The molecule has 2 aromatic carbocycles. The van der Waals surface area contributed by atoms with Crippen molar-refractivity contribution in [1.29, 1.82) is 0 Å². The lowest BCUT2D eigenvalue weighted by Gasteiger charge is -2.33. The van der Waals surface area contributed by atoms with Crippen LogP contribution in [0.4, 0.5) is 0 Å². The van der Waals surface area contributed by atoms with Crippen molar-refractivity contribution >= 4 is 11.5 Å².